The maximum absolute atomic E-state index is 13.2. The molecule has 7 heteroatoms. The van der Waals surface area contributed by atoms with Crippen LogP contribution in [0.25, 0.3) is 0 Å². The van der Waals surface area contributed by atoms with Crippen LogP contribution in [0, 0.1) is 5.82 Å². The molecule has 1 aliphatic rings. The molecular weight excluding hydrogens is 437 g/mol. The highest BCUT2D eigenvalue weighted by Gasteiger charge is 2.16. The van der Waals surface area contributed by atoms with E-state index in [1.165, 1.54) is 12.1 Å². The Hall–Kier alpha value is -1.34. The van der Waals surface area contributed by atoms with Crippen LogP contribution in [-0.4, -0.2) is 26.4 Å². The highest BCUT2D eigenvalue weighted by Crippen LogP contribution is 2.37. The van der Waals surface area contributed by atoms with Crippen molar-refractivity contribution in [3.05, 3.63) is 56.8 Å². The number of halogens is 3. The molecule has 0 spiro atoms. The summed E-state index contributed by atoms with van der Waals surface area (Å²) in [4.78, 5) is 0. The number of hydrogen-bond donors (Lipinski definition) is 1. The molecule has 0 unspecified atom stereocenters. The van der Waals surface area contributed by atoms with Crippen LogP contribution < -0.4 is 14.8 Å². The van der Waals surface area contributed by atoms with Gasteiger partial charge in [-0.1, -0.05) is 17.7 Å². The topological polar surface area (TPSA) is 39.7 Å². The second kappa shape index (κ2) is 9.73. The van der Waals surface area contributed by atoms with Gasteiger partial charge in [-0.25, -0.2) is 4.39 Å². The summed E-state index contributed by atoms with van der Waals surface area (Å²) in [5.74, 6) is 0.833. The van der Waals surface area contributed by atoms with E-state index in [1.807, 2.05) is 12.1 Å². The first-order chi connectivity index (χ1) is 13.1. The largest absolute Gasteiger partial charge is 0.493 e. The molecule has 1 saturated heterocycles. The summed E-state index contributed by atoms with van der Waals surface area (Å²) in [6, 6.07) is 8.18. The van der Waals surface area contributed by atoms with Crippen molar-refractivity contribution in [3.63, 3.8) is 0 Å². The van der Waals surface area contributed by atoms with E-state index in [2.05, 4.69) is 21.2 Å². The highest BCUT2D eigenvalue weighted by molar-refractivity contribution is 9.10. The molecule has 1 fully saturated rings. The first-order valence-electron chi connectivity index (χ1n) is 8.82. The van der Waals surface area contributed by atoms with Gasteiger partial charge in [-0.15, -0.1) is 0 Å². The lowest BCUT2D eigenvalue weighted by Gasteiger charge is -2.16. The summed E-state index contributed by atoms with van der Waals surface area (Å²) >= 11 is 9.61. The normalized spacial score (nSPS) is 16.5. The van der Waals surface area contributed by atoms with Crippen LogP contribution in [0.5, 0.6) is 11.5 Å². The van der Waals surface area contributed by atoms with Gasteiger partial charge >= 0.3 is 0 Å². The predicted octanol–water partition coefficient (Wildman–Crippen LogP) is 5.10. The third-order valence-corrected chi connectivity index (χ3v) is 5.34. The lowest BCUT2D eigenvalue weighted by Crippen LogP contribution is -2.25. The minimum atomic E-state index is -0.373. The lowest BCUT2D eigenvalue weighted by atomic mass is 10.2. The van der Waals surface area contributed by atoms with E-state index >= 15 is 0 Å². The Balaban J connectivity index is 1.64. The molecule has 1 atom stereocenters. The predicted molar refractivity (Wildman–Crippen MR) is 107 cm³/mol. The van der Waals surface area contributed by atoms with Gasteiger partial charge in [0, 0.05) is 25.3 Å². The van der Waals surface area contributed by atoms with Crippen molar-refractivity contribution in [2.75, 3.05) is 20.3 Å². The molecule has 0 amide bonds. The molecule has 4 nitrogen and oxygen atoms in total. The molecule has 0 bridgehead atoms. The molecule has 0 aromatic heterocycles. The van der Waals surface area contributed by atoms with Gasteiger partial charge in [-0.3, -0.25) is 0 Å². The SMILES string of the molecule is COc1cc(CNC[C@H]2CCCO2)cc(Br)c1OCc1ccc(F)cc1Cl. The molecule has 146 valence electrons. The third kappa shape index (κ3) is 5.57. The van der Waals surface area contributed by atoms with Crippen molar-refractivity contribution in [1.82, 2.24) is 5.32 Å². The van der Waals surface area contributed by atoms with Crippen LogP contribution in [0.4, 0.5) is 4.39 Å². The average molecular weight is 459 g/mol. The first kappa shape index (κ1) is 20.4. The Bertz CT molecular complexity index is 784. The molecule has 0 aliphatic carbocycles. The van der Waals surface area contributed by atoms with Crippen LogP contribution in [0.2, 0.25) is 5.02 Å². The van der Waals surface area contributed by atoms with Gasteiger partial charge in [0.15, 0.2) is 11.5 Å². The van der Waals surface area contributed by atoms with Gasteiger partial charge in [0.05, 0.1) is 22.7 Å². The van der Waals surface area contributed by atoms with Crippen LogP contribution in [0.15, 0.2) is 34.8 Å². The number of methoxy groups -OCH3 is 1. The van der Waals surface area contributed by atoms with Crippen LogP contribution in [0.1, 0.15) is 24.0 Å². The second-order valence-electron chi connectivity index (χ2n) is 6.40. The molecule has 2 aromatic carbocycles. The fraction of sp³-hybridized carbons (Fsp3) is 0.400. The van der Waals surface area contributed by atoms with Crippen LogP contribution in [-0.2, 0) is 17.9 Å². The highest BCUT2D eigenvalue weighted by atomic mass is 79.9. The van der Waals surface area contributed by atoms with Gasteiger partial charge in [0.25, 0.3) is 0 Å². The van der Waals surface area contributed by atoms with Gasteiger partial charge in [0.2, 0.25) is 0 Å². The van der Waals surface area contributed by atoms with E-state index in [4.69, 9.17) is 25.8 Å². The molecule has 1 aliphatic heterocycles. The Labute approximate surface area is 172 Å². The van der Waals surface area contributed by atoms with Crippen molar-refractivity contribution in [2.24, 2.45) is 0 Å². The number of nitrogens with one attached hydrogen (secondary N) is 1. The maximum Gasteiger partial charge on any atom is 0.175 e. The molecule has 1 heterocycles. The van der Waals surface area contributed by atoms with E-state index in [9.17, 15) is 4.39 Å². The van der Waals surface area contributed by atoms with Crippen LogP contribution in [0.3, 0.4) is 0 Å². The van der Waals surface area contributed by atoms with E-state index in [1.54, 1.807) is 13.2 Å². The minimum Gasteiger partial charge on any atom is -0.493 e. The maximum atomic E-state index is 13.2. The fourth-order valence-corrected chi connectivity index (χ4v) is 3.81. The zero-order chi connectivity index (χ0) is 19.2. The van der Waals surface area contributed by atoms with Gasteiger partial charge < -0.3 is 19.5 Å². The Morgan fingerprint density at radius 3 is 2.89 bits per heavy atom. The standard InChI is InChI=1S/C20H22BrClFNO3/c1-25-19-8-13(10-24-11-16-3-2-6-26-16)7-17(21)20(19)27-12-14-4-5-15(23)9-18(14)22/h4-5,7-9,16,24H,2-3,6,10-12H2,1H3/t16-/m1/s1. The van der Waals surface area contributed by atoms with Gasteiger partial charge in [-0.2, -0.15) is 0 Å². The summed E-state index contributed by atoms with van der Waals surface area (Å²) in [6.45, 7) is 2.61. The lowest BCUT2D eigenvalue weighted by molar-refractivity contribution is 0.110. The molecule has 0 radical (unpaired) electrons. The van der Waals surface area contributed by atoms with Crippen molar-refractivity contribution in [2.45, 2.75) is 32.1 Å². The molecule has 2 aromatic rings. The van der Waals surface area contributed by atoms with Gasteiger partial charge in [-0.05, 0) is 58.6 Å². The third-order valence-electron chi connectivity index (χ3n) is 4.40. The average Bonchev–Trinajstić information content (AvgIpc) is 3.15. The van der Waals surface area contributed by atoms with Crippen molar-refractivity contribution < 1.29 is 18.6 Å². The zero-order valence-electron chi connectivity index (χ0n) is 15.1. The Morgan fingerprint density at radius 2 is 2.19 bits per heavy atom. The number of rotatable bonds is 8. The number of benzene rings is 2. The molecule has 1 N–H and O–H groups in total. The van der Waals surface area contributed by atoms with E-state index in [-0.39, 0.29) is 12.4 Å². The summed E-state index contributed by atoms with van der Waals surface area (Å²) in [7, 11) is 1.60. The zero-order valence-corrected chi connectivity index (χ0v) is 17.4. The Kier molecular flexibility index (Phi) is 7.35. The first-order valence-corrected chi connectivity index (χ1v) is 9.99. The fourth-order valence-electron chi connectivity index (χ4n) is 2.99. The summed E-state index contributed by atoms with van der Waals surface area (Å²) in [5, 5.41) is 3.75. The molecule has 3 rings (SSSR count). The number of ether oxygens (including phenoxy) is 3. The monoisotopic (exact) mass is 457 g/mol. The molecular formula is C20H22BrClFNO3. The van der Waals surface area contributed by atoms with Crippen LogP contribution >= 0.6 is 27.5 Å². The van der Waals surface area contributed by atoms with E-state index in [0.29, 0.717) is 34.7 Å². The summed E-state index contributed by atoms with van der Waals surface area (Å²) in [6.07, 6.45) is 2.55. The summed E-state index contributed by atoms with van der Waals surface area (Å²) < 4.78 is 30.9. The smallest absolute Gasteiger partial charge is 0.175 e. The quantitative estimate of drug-likeness (QED) is 0.597. The molecule has 0 saturated carbocycles. The molecule has 27 heavy (non-hydrogen) atoms. The van der Waals surface area contributed by atoms with Crippen molar-refractivity contribution in [3.8, 4) is 11.5 Å². The number of hydrogen-bond acceptors (Lipinski definition) is 4. The Morgan fingerprint density at radius 1 is 1.33 bits per heavy atom. The van der Waals surface area contributed by atoms with Gasteiger partial charge in [0.1, 0.15) is 12.4 Å². The summed E-state index contributed by atoms with van der Waals surface area (Å²) in [5.41, 5.74) is 1.78. The van der Waals surface area contributed by atoms with E-state index < -0.39 is 0 Å². The van der Waals surface area contributed by atoms with Crippen molar-refractivity contribution >= 4 is 27.5 Å². The minimum absolute atomic E-state index is 0.213. The second-order valence-corrected chi connectivity index (χ2v) is 7.66. The van der Waals surface area contributed by atoms with E-state index in [0.717, 1.165) is 36.0 Å². The van der Waals surface area contributed by atoms with Crippen molar-refractivity contribution in [1.29, 1.82) is 0 Å².